The molecule has 1 N–H and O–H groups in total. The van der Waals surface area contributed by atoms with E-state index in [0.717, 1.165) is 5.56 Å². The third kappa shape index (κ3) is 1.24. The normalized spacial score (nSPS) is 15.1. The van der Waals surface area contributed by atoms with E-state index >= 15 is 0 Å². The van der Waals surface area contributed by atoms with E-state index in [-0.39, 0.29) is 11.4 Å². The molecule has 1 aromatic heterocycles. The number of benzene rings is 1. The van der Waals surface area contributed by atoms with Gasteiger partial charge in [-0.15, -0.1) is 0 Å². The fourth-order valence-electron chi connectivity index (χ4n) is 2.82. The molecule has 98 valence electrons. The van der Waals surface area contributed by atoms with Gasteiger partial charge in [-0.05, 0) is 26.8 Å². The molecule has 0 atom stereocenters. The average molecular weight is 258 g/mol. The molecule has 0 radical (unpaired) electrons. The second-order valence-electron chi connectivity index (χ2n) is 5.26. The highest BCUT2D eigenvalue weighted by molar-refractivity contribution is 5.96. The maximum absolute atomic E-state index is 12.3. The first-order chi connectivity index (χ1) is 8.87. The number of nitrogens with zero attached hydrogens (tertiary/aromatic N) is 2. The standard InChI is InChI=1S/C14H14N2O3/c1-8(17)11-12(18)15-10-7-5-4-6-9(10)14(2,3)16(15)13(11)19/h4-7,19H,1-3H3. The number of aromatic nitrogens is 2. The van der Waals surface area contributed by atoms with Crippen LogP contribution in [0.15, 0.2) is 29.1 Å². The van der Waals surface area contributed by atoms with Crippen LogP contribution >= 0.6 is 0 Å². The Hall–Kier alpha value is -2.30. The molecule has 5 nitrogen and oxygen atoms in total. The largest absolute Gasteiger partial charge is 0.493 e. The van der Waals surface area contributed by atoms with E-state index in [0.29, 0.717) is 5.69 Å². The second kappa shape index (κ2) is 3.38. The van der Waals surface area contributed by atoms with Crippen LogP contribution in [-0.2, 0) is 5.54 Å². The lowest BCUT2D eigenvalue weighted by Gasteiger charge is -2.22. The molecule has 0 saturated heterocycles. The van der Waals surface area contributed by atoms with Crippen molar-refractivity contribution in [2.45, 2.75) is 26.3 Å². The molecule has 2 aromatic rings. The molecule has 0 aliphatic carbocycles. The molecule has 0 fully saturated rings. The van der Waals surface area contributed by atoms with Gasteiger partial charge in [0.25, 0.3) is 5.56 Å². The number of ketones is 1. The molecule has 1 aliphatic heterocycles. The summed E-state index contributed by atoms with van der Waals surface area (Å²) in [5, 5.41) is 10.2. The highest BCUT2D eigenvalue weighted by Crippen LogP contribution is 2.40. The first-order valence-electron chi connectivity index (χ1n) is 6.05. The third-order valence-electron chi connectivity index (χ3n) is 3.70. The maximum atomic E-state index is 12.3. The Labute approximate surface area is 109 Å². The second-order valence-corrected chi connectivity index (χ2v) is 5.26. The van der Waals surface area contributed by atoms with Gasteiger partial charge in [-0.25, -0.2) is 9.36 Å². The number of rotatable bonds is 1. The van der Waals surface area contributed by atoms with Crippen LogP contribution in [0.5, 0.6) is 5.88 Å². The zero-order valence-corrected chi connectivity index (χ0v) is 11.0. The van der Waals surface area contributed by atoms with Gasteiger partial charge in [-0.3, -0.25) is 9.59 Å². The number of carbonyl (C=O) groups is 1. The van der Waals surface area contributed by atoms with Crippen molar-refractivity contribution >= 4 is 5.78 Å². The summed E-state index contributed by atoms with van der Waals surface area (Å²) in [4.78, 5) is 23.9. The van der Waals surface area contributed by atoms with Crippen molar-refractivity contribution in [3.8, 4) is 11.6 Å². The van der Waals surface area contributed by atoms with E-state index in [9.17, 15) is 14.7 Å². The van der Waals surface area contributed by atoms with Crippen molar-refractivity contribution in [3.05, 3.63) is 45.7 Å². The number of para-hydroxylation sites is 1. The predicted octanol–water partition coefficient (Wildman–Crippen LogP) is 1.64. The first-order valence-corrected chi connectivity index (χ1v) is 6.05. The van der Waals surface area contributed by atoms with Crippen molar-refractivity contribution in [2.75, 3.05) is 0 Å². The molecule has 0 unspecified atom stereocenters. The van der Waals surface area contributed by atoms with Gasteiger partial charge in [0, 0.05) is 5.56 Å². The molecule has 3 rings (SSSR count). The van der Waals surface area contributed by atoms with E-state index in [1.165, 1.54) is 16.3 Å². The van der Waals surface area contributed by atoms with Gasteiger partial charge in [0.2, 0.25) is 5.88 Å². The smallest absolute Gasteiger partial charge is 0.286 e. The Morgan fingerprint density at radius 2 is 1.89 bits per heavy atom. The number of hydrogen-bond donors (Lipinski definition) is 1. The highest BCUT2D eigenvalue weighted by Gasteiger charge is 2.40. The third-order valence-corrected chi connectivity index (χ3v) is 3.70. The zero-order chi connectivity index (χ0) is 13.9. The molecule has 1 aliphatic rings. The summed E-state index contributed by atoms with van der Waals surface area (Å²) < 4.78 is 2.86. The van der Waals surface area contributed by atoms with Crippen LogP contribution in [0, 0.1) is 0 Å². The lowest BCUT2D eigenvalue weighted by Crippen LogP contribution is -2.27. The Balaban J connectivity index is 2.50. The fourth-order valence-corrected chi connectivity index (χ4v) is 2.82. The number of carbonyl (C=O) groups excluding carboxylic acids is 1. The van der Waals surface area contributed by atoms with Crippen molar-refractivity contribution in [1.29, 1.82) is 0 Å². The highest BCUT2D eigenvalue weighted by atomic mass is 16.3. The summed E-state index contributed by atoms with van der Waals surface area (Å²) >= 11 is 0. The SMILES string of the molecule is CC(=O)c1c(O)n2n(c1=O)-c1ccccc1C2(C)C. The summed E-state index contributed by atoms with van der Waals surface area (Å²) in [6, 6.07) is 7.45. The Morgan fingerprint density at radius 3 is 2.53 bits per heavy atom. The molecule has 0 saturated carbocycles. The fraction of sp³-hybridized carbons (Fsp3) is 0.286. The van der Waals surface area contributed by atoms with Crippen LogP contribution in [-0.4, -0.2) is 20.3 Å². The van der Waals surface area contributed by atoms with Crippen molar-refractivity contribution in [1.82, 2.24) is 9.36 Å². The maximum Gasteiger partial charge on any atom is 0.286 e. The van der Waals surface area contributed by atoms with Gasteiger partial charge in [0.1, 0.15) is 5.56 Å². The number of fused-ring (bicyclic) bond motifs is 3. The van der Waals surface area contributed by atoms with Gasteiger partial charge in [-0.1, -0.05) is 18.2 Å². The van der Waals surface area contributed by atoms with E-state index in [1.807, 2.05) is 38.1 Å². The summed E-state index contributed by atoms with van der Waals surface area (Å²) in [7, 11) is 0. The number of hydrogen-bond acceptors (Lipinski definition) is 3. The summed E-state index contributed by atoms with van der Waals surface area (Å²) in [5.41, 5.74) is 0.455. The quantitative estimate of drug-likeness (QED) is 0.791. The molecular weight excluding hydrogens is 244 g/mol. The minimum Gasteiger partial charge on any atom is -0.493 e. The van der Waals surface area contributed by atoms with Crippen LogP contribution < -0.4 is 5.56 Å². The lowest BCUT2D eigenvalue weighted by molar-refractivity contribution is 0.101. The molecule has 0 amide bonds. The van der Waals surface area contributed by atoms with E-state index in [1.54, 1.807) is 0 Å². The van der Waals surface area contributed by atoms with Crippen LogP contribution in [0.1, 0.15) is 36.7 Å². The molecule has 0 spiro atoms. The van der Waals surface area contributed by atoms with E-state index < -0.39 is 16.9 Å². The van der Waals surface area contributed by atoms with Crippen LogP contribution in [0.4, 0.5) is 0 Å². The molecule has 0 bridgehead atoms. The number of Topliss-reactive ketones (excluding diaryl/α,β-unsaturated/α-hetero) is 1. The van der Waals surface area contributed by atoms with Gasteiger partial charge in [0.15, 0.2) is 5.78 Å². The lowest BCUT2D eigenvalue weighted by atomic mass is 9.94. The molecule has 19 heavy (non-hydrogen) atoms. The summed E-state index contributed by atoms with van der Waals surface area (Å²) in [6.07, 6.45) is 0. The average Bonchev–Trinajstić information content (AvgIpc) is 2.73. The minimum atomic E-state index is -0.576. The predicted molar refractivity (Wildman–Crippen MR) is 70.1 cm³/mol. The van der Waals surface area contributed by atoms with Gasteiger partial charge < -0.3 is 5.11 Å². The van der Waals surface area contributed by atoms with Crippen molar-refractivity contribution < 1.29 is 9.90 Å². The van der Waals surface area contributed by atoms with E-state index in [2.05, 4.69) is 0 Å². The summed E-state index contributed by atoms with van der Waals surface area (Å²) in [5.74, 6) is -0.691. The molecular formula is C14H14N2O3. The van der Waals surface area contributed by atoms with Gasteiger partial charge in [-0.2, -0.15) is 0 Å². The van der Waals surface area contributed by atoms with Crippen molar-refractivity contribution in [2.24, 2.45) is 0 Å². The first kappa shape index (κ1) is 11.8. The topological polar surface area (TPSA) is 64.2 Å². The Morgan fingerprint density at radius 1 is 1.26 bits per heavy atom. The Bertz CT molecular complexity index is 765. The van der Waals surface area contributed by atoms with Gasteiger partial charge in [0.05, 0.1) is 11.2 Å². The molecule has 2 heterocycles. The Kier molecular flexibility index (Phi) is 2.09. The van der Waals surface area contributed by atoms with Crippen LogP contribution in [0.3, 0.4) is 0 Å². The molecule has 1 aromatic carbocycles. The monoisotopic (exact) mass is 258 g/mol. The zero-order valence-electron chi connectivity index (χ0n) is 11.0. The minimum absolute atomic E-state index is 0.150. The van der Waals surface area contributed by atoms with Gasteiger partial charge >= 0.3 is 0 Å². The number of aromatic hydroxyl groups is 1. The summed E-state index contributed by atoms with van der Waals surface area (Å²) in [6.45, 7) is 5.09. The van der Waals surface area contributed by atoms with E-state index in [4.69, 9.17) is 0 Å². The van der Waals surface area contributed by atoms with Crippen molar-refractivity contribution in [3.63, 3.8) is 0 Å². The van der Waals surface area contributed by atoms with Crippen LogP contribution in [0.2, 0.25) is 0 Å². The molecule has 5 heteroatoms. The van der Waals surface area contributed by atoms with Crippen LogP contribution in [0.25, 0.3) is 5.69 Å².